The number of methoxy groups -OCH3 is 1. The molecule has 120 valence electrons. The second kappa shape index (κ2) is 6.83. The SMILES string of the molecule is COc1ccc(C(=O)NN=Cc2c(O)ccc3ccccc23)cc1. The summed E-state index contributed by atoms with van der Waals surface area (Å²) in [5.41, 5.74) is 3.48. The number of hydrogen-bond donors (Lipinski definition) is 2. The fourth-order valence-corrected chi connectivity index (χ4v) is 2.38. The first-order chi connectivity index (χ1) is 11.7. The molecule has 3 aromatic rings. The Kier molecular flexibility index (Phi) is 4.43. The lowest BCUT2D eigenvalue weighted by molar-refractivity contribution is 0.0955. The van der Waals surface area contributed by atoms with Crippen molar-refractivity contribution in [3.8, 4) is 11.5 Å². The molecule has 0 aliphatic rings. The van der Waals surface area contributed by atoms with Crippen LogP contribution in [-0.2, 0) is 0 Å². The van der Waals surface area contributed by atoms with E-state index in [2.05, 4.69) is 10.5 Å². The first-order valence-electron chi connectivity index (χ1n) is 7.37. The number of benzene rings is 3. The minimum absolute atomic E-state index is 0.108. The molecular formula is C19H16N2O3. The summed E-state index contributed by atoms with van der Waals surface area (Å²) in [7, 11) is 1.57. The van der Waals surface area contributed by atoms with Crippen LogP contribution in [0.4, 0.5) is 0 Å². The molecule has 5 heteroatoms. The Labute approximate surface area is 139 Å². The molecule has 0 saturated carbocycles. The topological polar surface area (TPSA) is 70.9 Å². The molecule has 24 heavy (non-hydrogen) atoms. The predicted octanol–water partition coefficient (Wildman–Crippen LogP) is 3.32. The molecular weight excluding hydrogens is 304 g/mol. The molecule has 0 heterocycles. The molecule has 0 saturated heterocycles. The van der Waals surface area contributed by atoms with Crippen molar-refractivity contribution in [2.24, 2.45) is 5.10 Å². The summed E-state index contributed by atoms with van der Waals surface area (Å²) in [6.45, 7) is 0. The number of fused-ring (bicyclic) bond motifs is 1. The van der Waals surface area contributed by atoms with E-state index in [1.54, 1.807) is 37.4 Å². The van der Waals surface area contributed by atoms with Crippen LogP contribution in [0.5, 0.6) is 11.5 Å². The van der Waals surface area contributed by atoms with Crippen LogP contribution in [0.2, 0.25) is 0 Å². The van der Waals surface area contributed by atoms with Gasteiger partial charge in [-0.15, -0.1) is 0 Å². The zero-order valence-corrected chi connectivity index (χ0v) is 13.1. The highest BCUT2D eigenvalue weighted by atomic mass is 16.5. The highest BCUT2D eigenvalue weighted by Crippen LogP contribution is 2.25. The van der Waals surface area contributed by atoms with Crippen LogP contribution >= 0.6 is 0 Å². The molecule has 3 rings (SSSR count). The van der Waals surface area contributed by atoms with Crippen molar-refractivity contribution < 1.29 is 14.6 Å². The van der Waals surface area contributed by atoms with Crippen molar-refractivity contribution in [1.82, 2.24) is 5.43 Å². The van der Waals surface area contributed by atoms with Crippen molar-refractivity contribution in [1.29, 1.82) is 0 Å². The summed E-state index contributed by atoms with van der Waals surface area (Å²) in [5, 5.41) is 15.8. The van der Waals surface area contributed by atoms with Gasteiger partial charge in [0.1, 0.15) is 11.5 Å². The Morgan fingerprint density at radius 2 is 1.83 bits per heavy atom. The van der Waals surface area contributed by atoms with E-state index in [9.17, 15) is 9.90 Å². The maximum absolute atomic E-state index is 12.1. The lowest BCUT2D eigenvalue weighted by Gasteiger charge is -2.05. The van der Waals surface area contributed by atoms with E-state index in [1.165, 1.54) is 6.21 Å². The van der Waals surface area contributed by atoms with E-state index in [0.717, 1.165) is 10.8 Å². The summed E-state index contributed by atoms with van der Waals surface area (Å²) in [6.07, 6.45) is 1.44. The molecule has 2 N–H and O–H groups in total. The molecule has 0 atom stereocenters. The Morgan fingerprint density at radius 1 is 1.08 bits per heavy atom. The van der Waals surface area contributed by atoms with Gasteiger partial charge in [0.15, 0.2) is 0 Å². The minimum atomic E-state index is -0.339. The minimum Gasteiger partial charge on any atom is -0.507 e. The molecule has 0 spiro atoms. The number of phenols is 1. The summed E-state index contributed by atoms with van der Waals surface area (Å²) >= 11 is 0. The number of carbonyl (C=O) groups is 1. The Bertz CT molecular complexity index is 902. The number of aromatic hydroxyl groups is 1. The highest BCUT2D eigenvalue weighted by molar-refractivity contribution is 6.03. The van der Waals surface area contributed by atoms with Crippen LogP contribution in [0.1, 0.15) is 15.9 Å². The van der Waals surface area contributed by atoms with Crippen LogP contribution in [0.3, 0.4) is 0 Å². The van der Waals surface area contributed by atoms with Crippen molar-refractivity contribution in [2.75, 3.05) is 7.11 Å². The third-order valence-corrected chi connectivity index (χ3v) is 3.66. The molecule has 0 fully saturated rings. The van der Waals surface area contributed by atoms with Crippen LogP contribution in [-0.4, -0.2) is 24.3 Å². The zero-order chi connectivity index (χ0) is 16.9. The van der Waals surface area contributed by atoms with E-state index >= 15 is 0 Å². The molecule has 0 aliphatic carbocycles. The maximum atomic E-state index is 12.1. The smallest absolute Gasteiger partial charge is 0.271 e. The number of phenolic OH excluding ortho intramolecular Hbond substituents is 1. The number of rotatable bonds is 4. The van der Waals surface area contributed by atoms with Gasteiger partial charge in [0, 0.05) is 11.1 Å². The molecule has 0 radical (unpaired) electrons. The van der Waals surface area contributed by atoms with Crippen LogP contribution in [0.15, 0.2) is 65.8 Å². The standard InChI is InChI=1S/C19H16N2O3/c1-24-15-9-6-14(7-10-15)19(23)21-20-12-17-16-5-3-2-4-13(16)8-11-18(17)22/h2-12,22H,1H3,(H,21,23). The number of hydrazone groups is 1. The zero-order valence-electron chi connectivity index (χ0n) is 13.1. The van der Waals surface area contributed by atoms with E-state index in [1.807, 2.05) is 30.3 Å². The van der Waals surface area contributed by atoms with Gasteiger partial charge in [-0.1, -0.05) is 30.3 Å². The monoisotopic (exact) mass is 320 g/mol. The van der Waals surface area contributed by atoms with Gasteiger partial charge >= 0.3 is 0 Å². The molecule has 0 aliphatic heterocycles. The Morgan fingerprint density at radius 3 is 2.58 bits per heavy atom. The number of ether oxygens (including phenoxy) is 1. The number of carbonyl (C=O) groups excluding carboxylic acids is 1. The van der Waals surface area contributed by atoms with Gasteiger partial charge in [0.05, 0.1) is 13.3 Å². The van der Waals surface area contributed by atoms with Crippen molar-refractivity contribution in [3.05, 3.63) is 71.8 Å². The first kappa shape index (κ1) is 15.6. The van der Waals surface area contributed by atoms with Gasteiger partial charge in [-0.25, -0.2) is 5.43 Å². The fraction of sp³-hybridized carbons (Fsp3) is 0.0526. The van der Waals surface area contributed by atoms with Gasteiger partial charge < -0.3 is 9.84 Å². The number of nitrogens with one attached hydrogen (secondary N) is 1. The lowest BCUT2D eigenvalue weighted by Crippen LogP contribution is -2.17. The van der Waals surface area contributed by atoms with Crippen molar-refractivity contribution >= 4 is 22.9 Å². The summed E-state index contributed by atoms with van der Waals surface area (Å²) in [5.74, 6) is 0.445. The van der Waals surface area contributed by atoms with Gasteiger partial charge in [0.25, 0.3) is 5.91 Å². The molecule has 0 bridgehead atoms. The predicted molar refractivity (Wildman–Crippen MR) is 93.7 cm³/mol. The van der Waals surface area contributed by atoms with Crippen molar-refractivity contribution in [2.45, 2.75) is 0 Å². The third-order valence-electron chi connectivity index (χ3n) is 3.66. The highest BCUT2D eigenvalue weighted by Gasteiger charge is 2.06. The second-order valence-electron chi connectivity index (χ2n) is 5.15. The van der Waals surface area contributed by atoms with Gasteiger partial charge in [-0.3, -0.25) is 4.79 Å². The molecule has 0 unspecified atom stereocenters. The largest absolute Gasteiger partial charge is 0.507 e. The molecule has 1 amide bonds. The Balaban J connectivity index is 1.79. The van der Waals surface area contributed by atoms with Gasteiger partial charge in [-0.2, -0.15) is 5.10 Å². The van der Waals surface area contributed by atoms with Crippen LogP contribution in [0.25, 0.3) is 10.8 Å². The number of nitrogens with zero attached hydrogens (tertiary/aromatic N) is 1. The lowest BCUT2D eigenvalue weighted by atomic mass is 10.0. The van der Waals surface area contributed by atoms with E-state index in [0.29, 0.717) is 16.9 Å². The summed E-state index contributed by atoms with van der Waals surface area (Å²) < 4.78 is 5.05. The number of amides is 1. The van der Waals surface area contributed by atoms with Crippen LogP contribution < -0.4 is 10.2 Å². The second-order valence-corrected chi connectivity index (χ2v) is 5.15. The van der Waals surface area contributed by atoms with Crippen molar-refractivity contribution in [3.63, 3.8) is 0 Å². The maximum Gasteiger partial charge on any atom is 0.271 e. The summed E-state index contributed by atoms with van der Waals surface area (Å²) in [4.78, 5) is 12.1. The van der Waals surface area contributed by atoms with Gasteiger partial charge in [0.2, 0.25) is 0 Å². The Hall–Kier alpha value is -3.34. The average molecular weight is 320 g/mol. The number of hydrogen-bond acceptors (Lipinski definition) is 4. The van der Waals surface area contributed by atoms with E-state index in [-0.39, 0.29) is 11.7 Å². The molecule has 3 aromatic carbocycles. The van der Waals surface area contributed by atoms with E-state index < -0.39 is 0 Å². The van der Waals surface area contributed by atoms with Gasteiger partial charge in [-0.05, 0) is 41.1 Å². The quantitative estimate of drug-likeness (QED) is 0.572. The molecule has 0 aromatic heterocycles. The third kappa shape index (κ3) is 3.20. The normalized spacial score (nSPS) is 10.9. The average Bonchev–Trinajstić information content (AvgIpc) is 2.63. The molecule has 5 nitrogen and oxygen atoms in total. The van der Waals surface area contributed by atoms with E-state index in [4.69, 9.17) is 4.74 Å². The first-order valence-corrected chi connectivity index (χ1v) is 7.37. The summed E-state index contributed by atoms with van der Waals surface area (Å²) in [6, 6.07) is 17.8. The van der Waals surface area contributed by atoms with Crippen LogP contribution in [0, 0.1) is 0 Å². The fourth-order valence-electron chi connectivity index (χ4n) is 2.38.